The van der Waals surface area contributed by atoms with Gasteiger partial charge in [-0.3, -0.25) is 4.79 Å². The van der Waals surface area contributed by atoms with Crippen molar-refractivity contribution in [3.63, 3.8) is 0 Å². The highest BCUT2D eigenvalue weighted by molar-refractivity contribution is 5.94. The minimum absolute atomic E-state index is 0.173. The third-order valence-electron chi connectivity index (χ3n) is 3.56. The number of carbonyl (C=O) groups is 3. The summed E-state index contributed by atoms with van der Waals surface area (Å²) in [5, 5.41) is 11.3. The lowest BCUT2D eigenvalue weighted by Gasteiger charge is -2.17. The molecule has 1 unspecified atom stereocenters. The summed E-state index contributed by atoms with van der Waals surface area (Å²) in [6, 6.07) is 6.19. The smallest absolute Gasteiger partial charge is 0.336 e. The molecule has 1 heterocycles. The largest absolute Gasteiger partial charge is 0.494 e. The van der Waals surface area contributed by atoms with Gasteiger partial charge in [-0.2, -0.15) is 0 Å². The van der Waals surface area contributed by atoms with Crippen molar-refractivity contribution >= 4 is 17.8 Å². The van der Waals surface area contributed by atoms with Gasteiger partial charge in [-0.25, -0.2) is 9.59 Å². The van der Waals surface area contributed by atoms with Gasteiger partial charge in [0.2, 0.25) is 0 Å². The van der Waals surface area contributed by atoms with Crippen LogP contribution in [0.1, 0.15) is 19.4 Å². The molecule has 1 fully saturated rings. The molecule has 8 heteroatoms. The van der Waals surface area contributed by atoms with E-state index in [-0.39, 0.29) is 13.0 Å². The fraction of sp³-hybridized carbons (Fsp3) is 0.471. The van der Waals surface area contributed by atoms with Gasteiger partial charge in [0.25, 0.3) is 5.91 Å². The highest BCUT2D eigenvalue weighted by atomic mass is 16.6. The summed E-state index contributed by atoms with van der Waals surface area (Å²) >= 11 is 0. The molecule has 0 aromatic heterocycles. The Balaban J connectivity index is 2.01. The molecule has 1 aliphatic rings. The summed E-state index contributed by atoms with van der Waals surface area (Å²) in [5.74, 6) is -1.73. The zero-order chi connectivity index (χ0) is 18.4. The molecule has 2 N–H and O–H groups in total. The molecule has 0 radical (unpaired) electrons. The summed E-state index contributed by atoms with van der Waals surface area (Å²) in [7, 11) is 0. The lowest BCUT2D eigenvalue weighted by molar-refractivity contribution is -0.147. The summed E-state index contributed by atoms with van der Waals surface area (Å²) in [6.07, 6.45) is -2.02. The molecule has 1 aromatic carbocycles. The second-order valence-corrected chi connectivity index (χ2v) is 5.41. The third kappa shape index (κ3) is 5.18. The van der Waals surface area contributed by atoms with Crippen LogP contribution < -0.4 is 10.1 Å². The van der Waals surface area contributed by atoms with Crippen LogP contribution in [0.4, 0.5) is 0 Å². The fourth-order valence-electron chi connectivity index (χ4n) is 2.31. The van der Waals surface area contributed by atoms with Crippen molar-refractivity contribution in [2.45, 2.75) is 38.5 Å². The number of hydrogen-bond donors (Lipinski definition) is 2. The van der Waals surface area contributed by atoms with Gasteiger partial charge in [0.15, 0.2) is 12.2 Å². The number of aliphatic carboxylic acids is 1. The topological polar surface area (TPSA) is 114 Å². The molecule has 2 rings (SSSR count). The Morgan fingerprint density at radius 1 is 1.16 bits per heavy atom. The first-order valence-electron chi connectivity index (χ1n) is 8.03. The van der Waals surface area contributed by atoms with Crippen LogP contribution in [0, 0.1) is 0 Å². The zero-order valence-corrected chi connectivity index (χ0v) is 14.1. The predicted molar refractivity (Wildman–Crippen MR) is 86.2 cm³/mol. The number of nitrogens with one attached hydrogen (secondary N) is 1. The predicted octanol–water partition coefficient (Wildman–Crippen LogP) is 0.528. The van der Waals surface area contributed by atoms with Gasteiger partial charge in [-0.05, 0) is 31.5 Å². The minimum atomic E-state index is -1.21. The summed E-state index contributed by atoms with van der Waals surface area (Å²) in [5.41, 5.74) is 0.799. The molecular weight excluding hydrogens is 330 g/mol. The van der Waals surface area contributed by atoms with Crippen LogP contribution in [0.5, 0.6) is 5.75 Å². The second-order valence-electron chi connectivity index (χ2n) is 5.41. The molecule has 1 amide bonds. The van der Waals surface area contributed by atoms with Crippen LogP contribution >= 0.6 is 0 Å². The molecule has 136 valence electrons. The van der Waals surface area contributed by atoms with Gasteiger partial charge in [-0.15, -0.1) is 0 Å². The van der Waals surface area contributed by atoms with Crippen molar-refractivity contribution < 1.29 is 33.7 Å². The number of esters is 1. The number of benzene rings is 1. The molecule has 8 nitrogen and oxygen atoms in total. The number of carboxylic acid groups (broad SMARTS) is 1. The average molecular weight is 351 g/mol. The third-order valence-corrected chi connectivity index (χ3v) is 3.56. The quantitative estimate of drug-likeness (QED) is 0.492. The Morgan fingerprint density at radius 3 is 2.36 bits per heavy atom. The Morgan fingerprint density at radius 2 is 1.84 bits per heavy atom. The van der Waals surface area contributed by atoms with Crippen LogP contribution in [0.25, 0.3) is 0 Å². The lowest BCUT2D eigenvalue weighted by Crippen LogP contribution is -2.45. The highest BCUT2D eigenvalue weighted by Gasteiger charge is 2.51. The SMILES string of the molecule is CCOC(=O)[C@H](Cc1ccc(OCC)cc1)NC(=O)C1O[C@@H]1C(=O)O. The molecule has 1 aliphatic heterocycles. The number of ether oxygens (including phenoxy) is 3. The maximum Gasteiger partial charge on any atom is 0.336 e. The van der Waals surface area contributed by atoms with E-state index >= 15 is 0 Å². The summed E-state index contributed by atoms with van der Waals surface area (Å²) in [4.78, 5) is 34.9. The van der Waals surface area contributed by atoms with Crippen LogP contribution in [0.3, 0.4) is 0 Å². The fourth-order valence-corrected chi connectivity index (χ4v) is 2.31. The highest BCUT2D eigenvalue weighted by Crippen LogP contribution is 2.22. The van der Waals surface area contributed by atoms with Crippen molar-refractivity contribution in [2.75, 3.05) is 13.2 Å². The van der Waals surface area contributed by atoms with Crippen molar-refractivity contribution in [3.8, 4) is 5.75 Å². The monoisotopic (exact) mass is 351 g/mol. The first-order chi connectivity index (χ1) is 12.0. The van der Waals surface area contributed by atoms with Gasteiger partial charge in [-0.1, -0.05) is 12.1 Å². The molecule has 1 aromatic rings. The Kier molecular flexibility index (Phi) is 6.35. The number of rotatable bonds is 9. The van der Waals surface area contributed by atoms with Crippen molar-refractivity contribution in [2.24, 2.45) is 0 Å². The molecule has 3 atom stereocenters. The van der Waals surface area contributed by atoms with E-state index in [1.54, 1.807) is 31.2 Å². The first kappa shape index (κ1) is 18.7. The Hall–Kier alpha value is -2.61. The molecule has 0 saturated carbocycles. The Labute approximate surface area is 145 Å². The molecule has 0 aliphatic carbocycles. The van der Waals surface area contributed by atoms with Gasteiger partial charge >= 0.3 is 11.9 Å². The maximum atomic E-state index is 12.1. The van der Waals surface area contributed by atoms with E-state index in [0.29, 0.717) is 12.4 Å². The zero-order valence-electron chi connectivity index (χ0n) is 14.1. The standard InChI is InChI=1S/C17H21NO7/c1-3-23-11-7-5-10(6-8-11)9-12(17(22)24-4-2)18-15(19)13-14(25-13)16(20)21/h5-8,12-14H,3-4,9H2,1-2H3,(H,18,19)(H,20,21)/t12-,13?,14-/m0/s1. The second kappa shape index (κ2) is 8.48. The number of amides is 1. The van der Waals surface area contributed by atoms with Crippen molar-refractivity contribution in [1.29, 1.82) is 0 Å². The number of carbonyl (C=O) groups excluding carboxylic acids is 2. The summed E-state index contributed by atoms with van der Waals surface area (Å²) < 4.78 is 15.1. The van der Waals surface area contributed by atoms with E-state index in [1.165, 1.54) is 0 Å². The molecule has 0 bridgehead atoms. The lowest BCUT2D eigenvalue weighted by atomic mass is 10.1. The van der Waals surface area contributed by atoms with Crippen LogP contribution in [-0.2, 0) is 30.3 Å². The molecule has 1 saturated heterocycles. The van der Waals surface area contributed by atoms with Crippen LogP contribution in [0.2, 0.25) is 0 Å². The minimum Gasteiger partial charge on any atom is -0.494 e. The number of epoxide rings is 1. The van der Waals surface area contributed by atoms with Gasteiger partial charge in [0.05, 0.1) is 13.2 Å². The molecular formula is C17H21NO7. The van der Waals surface area contributed by atoms with Gasteiger partial charge in [0, 0.05) is 6.42 Å². The van der Waals surface area contributed by atoms with Gasteiger partial charge < -0.3 is 24.6 Å². The van der Waals surface area contributed by atoms with E-state index in [0.717, 1.165) is 5.56 Å². The van der Waals surface area contributed by atoms with E-state index in [2.05, 4.69) is 5.32 Å². The van der Waals surface area contributed by atoms with Crippen molar-refractivity contribution in [1.82, 2.24) is 5.32 Å². The van der Waals surface area contributed by atoms with E-state index in [9.17, 15) is 14.4 Å². The van der Waals surface area contributed by atoms with E-state index in [1.807, 2.05) is 6.92 Å². The average Bonchev–Trinajstić information content (AvgIpc) is 3.37. The van der Waals surface area contributed by atoms with Crippen LogP contribution in [-0.4, -0.2) is 54.4 Å². The summed E-state index contributed by atoms with van der Waals surface area (Å²) in [6.45, 7) is 4.27. The normalized spacial score (nSPS) is 19.6. The number of hydrogen-bond acceptors (Lipinski definition) is 6. The van der Waals surface area contributed by atoms with E-state index in [4.69, 9.17) is 19.3 Å². The van der Waals surface area contributed by atoms with Crippen molar-refractivity contribution in [3.05, 3.63) is 29.8 Å². The van der Waals surface area contributed by atoms with Crippen LogP contribution in [0.15, 0.2) is 24.3 Å². The van der Waals surface area contributed by atoms with E-state index < -0.39 is 36.1 Å². The Bertz CT molecular complexity index is 628. The maximum absolute atomic E-state index is 12.1. The molecule has 25 heavy (non-hydrogen) atoms. The number of carboxylic acids is 1. The first-order valence-corrected chi connectivity index (χ1v) is 8.03. The van der Waals surface area contributed by atoms with Gasteiger partial charge in [0.1, 0.15) is 11.8 Å². The molecule has 0 spiro atoms.